The maximum atomic E-state index is 11.9. The smallest absolute Gasteiger partial charge is 0.223 e. The van der Waals surface area contributed by atoms with Crippen molar-refractivity contribution in [2.45, 2.75) is 25.8 Å². The Morgan fingerprint density at radius 2 is 2.00 bits per heavy atom. The second-order valence-electron chi connectivity index (χ2n) is 5.87. The molecule has 0 unspecified atom stereocenters. The van der Waals surface area contributed by atoms with Crippen molar-refractivity contribution in [2.24, 2.45) is 11.8 Å². The lowest BCUT2D eigenvalue weighted by atomic mass is 10.1. The van der Waals surface area contributed by atoms with Crippen molar-refractivity contribution < 1.29 is 4.79 Å². The van der Waals surface area contributed by atoms with Crippen LogP contribution in [0.2, 0.25) is 0 Å². The van der Waals surface area contributed by atoms with Gasteiger partial charge in [-0.05, 0) is 38.4 Å². The van der Waals surface area contributed by atoms with Crippen LogP contribution >= 0.6 is 0 Å². The molecular formula is C16H24N2O. The van der Waals surface area contributed by atoms with Crippen LogP contribution in [-0.2, 0) is 11.2 Å². The molecule has 1 aliphatic rings. The van der Waals surface area contributed by atoms with Crippen molar-refractivity contribution in [3.05, 3.63) is 35.9 Å². The predicted molar refractivity (Wildman–Crippen MR) is 77.9 cm³/mol. The van der Waals surface area contributed by atoms with Crippen LogP contribution < -0.4 is 5.32 Å². The van der Waals surface area contributed by atoms with Crippen LogP contribution in [0.4, 0.5) is 0 Å². The number of nitrogens with one attached hydrogen (secondary N) is 1. The minimum atomic E-state index is 0.229. The molecule has 0 aliphatic heterocycles. The fraction of sp³-hybridized carbons (Fsp3) is 0.562. The SMILES string of the molecule is C[C@@H]1C[C@@H]1C(=O)NC[C@@H](Cc1ccccc1)N(C)C. The zero-order chi connectivity index (χ0) is 13.8. The molecule has 3 atom stereocenters. The molecule has 1 fully saturated rings. The van der Waals surface area contributed by atoms with Crippen LogP contribution in [0.25, 0.3) is 0 Å². The summed E-state index contributed by atoms with van der Waals surface area (Å²) < 4.78 is 0. The van der Waals surface area contributed by atoms with Gasteiger partial charge in [0.1, 0.15) is 0 Å². The van der Waals surface area contributed by atoms with E-state index in [0.29, 0.717) is 12.0 Å². The highest BCUT2D eigenvalue weighted by atomic mass is 16.2. The van der Waals surface area contributed by atoms with Gasteiger partial charge < -0.3 is 10.2 Å². The molecule has 0 radical (unpaired) electrons. The summed E-state index contributed by atoms with van der Waals surface area (Å²) in [4.78, 5) is 14.0. The molecule has 1 aromatic rings. The molecule has 1 aliphatic carbocycles. The van der Waals surface area contributed by atoms with Gasteiger partial charge in [0, 0.05) is 18.5 Å². The summed E-state index contributed by atoms with van der Waals surface area (Å²) in [6.45, 7) is 2.86. The minimum Gasteiger partial charge on any atom is -0.354 e. The van der Waals surface area contributed by atoms with Crippen molar-refractivity contribution in [3.8, 4) is 0 Å². The van der Waals surface area contributed by atoms with E-state index in [4.69, 9.17) is 0 Å². The van der Waals surface area contributed by atoms with Crippen LogP contribution in [0.15, 0.2) is 30.3 Å². The lowest BCUT2D eigenvalue weighted by molar-refractivity contribution is -0.122. The highest BCUT2D eigenvalue weighted by molar-refractivity contribution is 5.81. The molecular weight excluding hydrogens is 236 g/mol. The van der Waals surface area contributed by atoms with Gasteiger partial charge in [-0.15, -0.1) is 0 Å². The average molecular weight is 260 g/mol. The van der Waals surface area contributed by atoms with E-state index in [0.717, 1.165) is 19.4 Å². The summed E-state index contributed by atoms with van der Waals surface area (Å²) in [7, 11) is 4.14. The Morgan fingerprint density at radius 1 is 1.37 bits per heavy atom. The Hall–Kier alpha value is -1.35. The lowest BCUT2D eigenvalue weighted by Gasteiger charge is -2.24. The molecule has 1 saturated carbocycles. The van der Waals surface area contributed by atoms with E-state index in [-0.39, 0.29) is 11.8 Å². The topological polar surface area (TPSA) is 32.3 Å². The number of hydrogen-bond donors (Lipinski definition) is 1. The summed E-state index contributed by atoms with van der Waals surface area (Å²) in [5.41, 5.74) is 1.32. The Morgan fingerprint density at radius 3 is 2.53 bits per heavy atom. The maximum absolute atomic E-state index is 11.9. The van der Waals surface area contributed by atoms with Gasteiger partial charge in [-0.2, -0.15) is 0 Å². The molecule has 3 heteroatoms. The molecule has 1 aromatic carbocycles. The minimum absolute atomic E-state index is 0.229. The van der Waals surface area contributed by atoms with Gasteiger partial charge in [-0.25, -0.2) is 0 Å². The van der Waals surface area contributed by atoms with Gasteiger partial charge in [0.25, 0.3) is 0 Å². The molecule has 0 spiro atoms. The summed E-state index contributed by atoms with van der Waals surface area (Å²) in [6, 6.07) is 10.8. The molecule has 0 heterocycles. The highest BCUT2D eigenvalue weighted by Gasteiger charge is 2.39. The summed E-state index contributed by atoms with van der Waals surface area (Å²) in [6.07, 6.45) is 2.02. The van der Waals surface area contributed by atoms with E-state index in [2.05, 4.69) is 55.5 Å². The zero-order valence-electron chi connectivity index (χ0n) is 12.1. The third-order valence-electron chi connectivity index (χ3n) is 4.00. The van der Waals surface area contributed by atoms with E-state index in [9.17, 15) is 4.79 Å². The first kappa shape index (κ1) is 14.1. The number of carbonyl (C=O) groups is 1. The van der Waals surface area contributed by atoms with E-state index in [1.165, 1.54) is 5.56 Å². The Kier molecular flexibility index (Phi) is 4.59. The first-order valence-corrected chi connectivity index (χ1v) is 7.06. The van der Waals surface area contributed by atoms with Crippen molar-refractivity contribution in [1.82, 2.24) is 10.2 Å². The van der Waals surface area contributed by atoms with Crippen LogP contribution in [0.3, 0.4) is 0 Å². The maximum Gasteiger partial charge on any atom is 0.223 e. The number of benzene rings is 1. The van der Waals surface area contributed by atoms with Gasteiger partial charge >= 0.3 is 0 Å². The lowest BCUT2D eigenvalue weighted by Crippen LogP contribution is -2.42. The summed E-state index contributed by atoms with van der Waals surface area (Å²) in [5.74, 6) is 1.07. The Bertz CT molecular complexity index is 416. The van der Waals surface area contributed by atoms with Crippen molar-refractivity contribution >= 4 is 5.91 Å². The summed E-state index contributed by atoms with van der Waals surface area (Å²) in [5, 5.41) is 3.10. The monoisotopic (exact) mass is 260 g/mol. The van der Waals surface area contributed by atoms with Gasteiger partial charge in [-0.3, -0.25) is 4.79 Å². The van der Waals surface area contributed by atoms with Crippen molar-refractivity contribution in [1.29, 1.82) is 0 Å². The zero-order valence-corrected chi connectivity index (χ0v) is 12.1. The quantitative estimate of drug-likeness (QED) is 0.847. The third-order valence-corrected chi connectivity index (χ3v) is 4.00. The number of amides is 1. The van der Waals surface area contributed by atoms with Crippen molar-refractivity contribution in [2.75, 3.05) is 20.6 Å². The third kappa shape index (κ3) is 4.06. The first-order valence-electron chi connectivity index (χ1n) is 7.06. The van der Waals surface area contributed by atoms with Gasteiger partial charge in [0.05, 0.1) is 0 Å². The van der Waals surface area contributed by atoms with Gasteiger partial charge in [0.15, 0.2) is 0 Å². The second kappa shape index (κ2) is 6.20. The average Bonchev–Trinajstić information content (AvgIpc) is 3.12. The molecule has 0 aromatic heterocycles. The second-order valence-corrected chi connectivity index (χ2v) is 5.87. The predicted octanol–water partition coefficient (Wildman–Crippen LogP) is 1.93. The van der Waals surface area contributed by atoms with Crippen molar-refractivity contribution in [3.63, 3.8) is 0 Å². The number of hydrogen-bond acceptors (Lipinski definition) is 2. The van der Waals surface area contributed by atoms with Crippen LogP contribution in [0, 0.1) is 11.8 Å². The van der Waals surface area contributed by atoms with E-state index < -0.39 is 0 Å². The first-order chi connectivity index (χ1) is 9.08. The Balaban J connectivity index is 1.84. The van der Waals surface area contributed by atoms with Gasteiger partial charge in [0.2, 0.25) is 5.91 Å². The molecule has 0 bridgehead atoms. The standard InChI is InChI=1S/C16H24N2O/c1-12-9-15(12)16(19)17-11-14(18(2)3)10-13-7-5-4-6-8-13/h4-8,12,14-15H,9-11H2,1-3H3,(H,17,19)/t12-,14-,15+/m1/s1. The highest BCUT2D eigenvalue weighted by Crippen LogP contribution is 2.37. The van der Waals surface area contributed by atoms with E-state index in [1.807, 2.05) is 6.07 Å². The number of likely N-dealkylation sites (N-methyl/N-ethyl adjacent to an activating group) is 1. The molecule has 2 rings (SSSR count). The Labute approximate surface area is 116 Å². The largest absolute Gasteiger partial charge is 0.354 e. The molecule has 19 heavy (non-hydrogen) atoms. The molecule has 3 nitrogen and oxygen atoms in total. The van der Waals surface area contributed by atoms with E-state index in [1.54, 1.807) is 0 Å². The fourth-order valence-electron chi connectivity index (χ4n) is 2.36. The van der Waals surface area contributed by atoms with Crippen LogP contribution in [0.1, 0.15) is 18.9 Å². The molecule has 104 valence electrons. The number of nitrogens with zero attached hydrogens (tertiary/aromatic N) is 1. The van der Waals surface area contributed by atoms with Crippen LogP contribution in [-0.4, -0.2) is 37.5 Å². The van der Waals surface area contributed by atoms with Crippen LogP contribution in [0.5, 0.6) is 0 Å². The summed E-state index contributed by atoms with van der Waals surface area (Å²) >= 11 is 0. The number of carbonyl (C=O) groups excluding carboxylic acids is 1. The molecule has 0 saturated heterocycles. The molecule has 1 amide bonds. The number of rotatable bonds is 6. The van der Waals surface area contributed by atoms with E-state index >= 15 is 0 Å². The van der Waals surface area contributed by atoms with Gasteiger partial charge in [-0.1, -0.05) is 37.3 Å². The normalized spacial score (nSPS) is 23.2. The molecule has 1 N–H and O–H groups in total. The fourth-order valence-corrected chi connectivity index (χ4v) is 2.36.